The fourth-order valence-corrected chi connectivity index (χ4v) is 7.89. The molecular formula is C43H26N2. The van der Waals surface area contributed by atoms with E-state index >= 15 is 0 Å². The van der Waals surface area contributed by atoms with Gasteiger partial charge in [-0.25, -0.2) is 9.97 Å². The summed E-state index contributed by atoms with van der Waals surface area (Å²) in [7, 11) is 0. The van der Waals surface area contributed by atoms with E-state index < -0.39 is 5.41 Å². The molecule has 1 spiro atoms. The Labute approximate surface area is 261 Å². The molecule has 10 rings (SSSR count). The number of allylic oxidation sites excluding steroid dienone is 10. The molecule has 1 heterocycles. The van der Waals surface area contributed by atoms with Crippen LogP contribution in [-0.4, -0.2) is 9.97 Å². The lowest BCUT2D eigenvalue weighted by molar-refractivity contribution is 0.780. The highest BCUT2D eigenvalue weighted by Crippen LogP contribution is 2.64. The molecule has 0 aliphatic heterocycles. The van der Waals surface area contributed by atoms with E-state index in [4.69, 9.17) is 9.97 Å². The summed E-state index contributed by atoms with van der Waals surface area (Å²) in [6.07, 6.45) is 16.5. The highest BCUT2D eigenvalue weighted by Gasteiger charge is 2.49. The SMILES string of the molecule is C1=CC2(C3=Cc4ccccc4C3=C1)C1=Cc3ccccc3C1=CC=C2c1c(-c2ccccc2)ccc2nc3ccccc3nc12. The number of para-hydroxylation sites is 2. The standard InChI is InChI=1S/C43H26N2/c1-2-11-27(12-3-1)32-21-23-40-42(45-39-19-9-8-18-38(39)44-40)41(32)35-22-20-34-31-16-7-5-14-29(31)26-37(34)43(35)24-10-17-33-30-15-6-4-13-28(30)25-36(33)43/h1-26H. The summed E-state index contributed by atoms with van der Waals surface area (Å²) in [5.74, 6) is 0. The van der Waals surface area contributed by atoms with Crippen molar-refractivity contribution in [3.8, 4) is 11.1 Å². The Balaban J connectivity index is 1.34. The first-order valence-electron chi connectivity index (χ1n) is 15.5. The van der Waals surface area contributed by atoms with Crippen LogP contribution in [0.15, 0.2) is 157 Å². The van der Waals surface area contributed by atoms with Gasteiger partial charge in [0, 0.05) is 5.56 Å². The van der Waals surface area contributed by atoms with Crippen molar-refractivity contribution in [1.29, 1.82) is 0 Å². The molecular weight excluding hydrogens is 544 g/mol. The number of benzene rings is 5. The molecule has 208 valence electrons. The molecule has 4 aliphatic rings. The normalized spacial score (nSPS) is 18.9. The number of aromatic nitrogens is 2. The average Bonchev–Trinajstić information content (AvgIpc) is 3.68. The van der Waals surface area contributed by atoms with Gasteiger partial charge in [0.15, 0.2) is 0 Å². The van der Waals surface area contributed by atoms with Crippen molar-refractivity contribution in [1.82, 2.24) is 9.97 Å². The molecule has 0 fully saturated rings. The molecule has 5 aromatic carbocycles. The quantitative estimate of drug-likeness (QED) is 0.194. The molecule has 45 heavy (non-hydrogen) atoms. The van der Waals surface area contributed by atoms with Gasteiger partial charge < -0.3 is 0 Å². The van der Waals surface area contributed by atoms with Crippen LogP contribution in [-0.2, 0) is 0 Å². The van der Waals surface area contributed by atoms with Crippen molar-refractivity contribution in [2.75, 3.05) is 0 Å². The number of hydrogen-bond donors (Lipinski definition) is 0. The van der Waals surface area contributed by atoms with Crippen LogP contribution in [0.4, 0.5) is 0 Å². The van der Waals surface area contributed by atoms with E-state index in [1.165, 1.54) is 50.1 Å². The van der Waals surface area contributed by atoms with Crippen molar-refractivity contribution >= 4 is 50.9 Å². The number of hydrogen-bond acceptors (Lipinski definition) is 2. The van der Waals surface area contributed by atoms with Crippen molar-refractivity contribution in [2.24, 2.45) is 5.41 Å². The van der Waals surface area contributed by atoms with Gasteiger partial charge in [-0.1, -0.05) is 127 Å². The Morgan fingerprint density at radius 1 is 0.444 bits per heavy atom. The minimum Gasteiger partial charge on any atom is -0.244 e. The Morgan fingerprint density at radius 3 is 1.80 bits per heavy atom. The lowest BCUT2D eigenvalue weighted by Gasteiger charge is -2.42. The summed E-state index contributed by atoms with van der Waals surface area (Å²) in [5, 5.41) is 0. The first kappa shape index (κ1) is 24.6. The maximum absolute atomic E-state index is 5.37. The van der Waals surface area contributed by atoms with Gasteiger partial charge in [0.2, 0.25) is 0 Å². The lowest BCUT2D eigenvalue weighted by atomic mass is 9.59. The summed E-state index contributed by atoms with van der Waals surface area (Å²) in [6, 6.07) is 40.8. The van der Waals surface area contributed by atoms with Crippen molar-refractivity contribution in [2.45, 2.75) is 0 Å². The second-order valence-corrected chi connectivity index (χ2v) is 12.1. The number of fused-ring (bicyclic) bond motifs is 10. The molecule has 0 saturated carbocycles. The molecule has 0 saturated heterocycles. The zero-order valence-corrected chi connectivity index (χ0v) is 24.4. The van der Waals surface area contributed by atoms with Gasteiger partial charge in [-0.05, 0) is 91.6 Å². The van der Waals surface area contributed by atoms with Crippen LogP contribution in [0.3, 0.4) is 0 Å². The number of rotatable bonds is 2. The van der Waals surface area contributed by atoms with Crippen LogP contribution in [0.5, 0.6) is 0 Å². The third-order valence-corrected chi connectivity index (χ3v) is 9.85. The second-order valence-electron chi connectivity index (χ2n) is 12.1. The molecule has 4 aliphatic carbocycles. The van der Waals surface area contributed by atoms with Crippen LogP contribution >= 0.6 is 0 Å². The Morgan fingerprint density at radius 2 is 1.07 bits per heavy atom. The molecule has 2 nitrogen and oxygen atoms in total. The van der Waals surface area contributed by atoms with Gasteiger partial charge in [0.25, 0.3) is 0 Å². The van der Waals surface area contributed by atoms with E-state index in [1.807, 2.05) is 18.2 Å². The zero-order valence-electron chi connectivity index (χ0n) is 24.4. The van der Waals surface area contributed by atoms with E-state index in [9.17, 15) is 0 Å². The van der Waals surface area contributed by atoms with E-state index in [2.05, 4.69) is 140 Å². The molecule has 1 unspecified atom stereocenters. The lowest BCUT2D eigenvalue weighted by Crippen LogP contribution is -2.29. The topological polar surface area (TPSA) is 25.8 Å². The molecule has 1 atom stereocenters. The van der Waals surface area contributed by atoms with Crippen molar-refractivity contribution < 1.29 is 0 Å². The smallest absolute Gasteiger partial charge is 0.0976 e. The van der Waals surface area contributed by atoms with E-state index in [-0.39, 0.29) is 0 Å². The summed E-state index contributed by atoms with van der Waals surface area (Å²) < 4.78 is 0. The third kappa shape index (κ3) is 3.34. The van der Waals surface area contributed by atoms with Crippen LogP contribution in [0.25, 0.3) is 62.1 Å². The van der Waals surface area contributed by atoms with Crippen LogP contribution in [0.1, 0.15) is 27.8 Å². The molecule has 2 heteroatoms. The Kier molecular flexibility index (Phi) is 4.95. The van der Waals surface area contributed by atoms with Crippen LogP contribution in [0, 0.1) is 5.41 Å². The molecule has 6 aromatic rings. The van der Waals surface area contributed by atoms with Gasteiger partial charge in [0.05, 0.1) is 27.5 Å². The van der Waals surface area contributed by atoms with Crippen molar-refractivity contribution in [3.05, 3.63) is 185 Å². The monoisotopic (exact) mass is 570 g/mol. The predicted octanol–water partition coefficient (Wildman–Crippen LogP) is 10.4. The van der Waals surface area contributed by atoms with Crippen LogP contribution < -0.4 is 0 Å². The highest BCUT2D eigenvalue weighted by atomic mass is 14.8. The largest absolute Gasteiger partial charge is 0.244 e. The van der Waals surface area contributed by atoms with E-state index in [0.29, 0.717) is 0 Å². The fraction of sp³-hybridized carbons (Fsp3) is 0.0233. The second kappa shape index (κ2) is 9.07. The van der Waals surface area contributed by atoms with E-state index in [1.54, 1.807) is 0 Å². The summed E-state index contributed by atoms with van der Waals surface area (Å²) in [5.41, 5.74) is 18.1. The molecule has 0 N–H and O–H groups in total. The first-order valence-corrected chi connectivity index (χ1v) is 15.5. The minimum absolute atomic E-state index is 0.530. The van der Waals surface area contributed by atoms with Crippen LogP contribution in [0.2, 0.25) is 0 Å². The van der Waals surface area contributed by atoms with Gasteiger partial charge in [-0.15, -0.1) is 0 Å². The summed E-state index contributed by atoms with van der Waals surface area (Å²) >= 11 is 0. The summed E-state index contributed by atoms with van der Waals surface area (Å²) in [4.78, 5) is 10.5. The number of nitrogens with zero attached hydrogens (tertiary/aromatic N) is 2. The van der Waals surface area contributed by atoms with Gasteiger partial charge in [-0.3, -0.25) is 0 Å². The summed E-state index contributed by atoms with van der Waals surface area (Å²) in [6.45, 7) is 0. The van der Waals surface area contributed by atoms with Gasteiger partial charge in [0.1, 0.15) is 0 Å². The average molecular weight is 571 g/mol. The van der Waals surface area contributed by atoms with E-state index in [0.717, 1.165) is 38.8 Å². The Bertz CT molecular complexity index is 2440. The molecule has 0 bridgehead atoms. The zero-order chi connectivity index (χ0) is 29.5. The molecule has 0 amide bonds. The first-order chi connectivity index (χ1) is 22.3. The molecule has 0 radical (unpaired) electrons. The maximum Gasteiger partial charge on any atom is 0.0976 e. The third-order valence-electron chi connectivity index (χ3n) is 9.85. The molecule has 1 aromatic heterocycles. The maximum atomic E-state index is 5.37. The van der Waals surface area contributed by atoms with Crippen molar-refractivity contribution in [3.63, 3.8) is 0 Å². The predicted molar refractivity (Wildman–Crippen MR) is 187 cm³/mol. The highest BCUT2D eigenvalue weighted by molar-refractivity contribution is 6.14. The Hall–Kier alpha value is -5.86. The van der Waals surface area contributed by atoms with Gasteiger partial charge in [-0.2, -0.15) is 0 Å². The van der Waals surface area contributed by atoms with Gasteiger partial charge >= 0.3 is 0 Å². The fourth-order valence-electron chi connectivity index (χ4n) is 7.89. The minimum atomic E-state index is -0.530.